The van der Waals surface area contributed by atoms with Crippen LogP contribution in [-0.2, 0) is 16.1 Å². The summed E-state index contributed by atoms with van der Waals surface area (Å²) in [7, 11) is 1.79. The van der Waals surface area contributed by atoms with Crippen LogP contribution < -0.4 is 14.5 Å². The van der Waals surface area contributed by atoms with E-state index in [2.05, 4.69) is 4.90 Å². The van der Waals surface area contributed by atoms with Gasteiger partial charge >= 0.3 is 5.97 Å². The van der Waals surface area contributed by atoms with Crippen molar-refractivity contribution in [1.29, 1.82) is 0 Å². The molecule has 0 spiro atoms. The molecule has 1 N–H and O–H groups in total. The Balaban J connectivity index is 0.00000432. The fraction of sp³-hybridized carbons (Fsp3) is 0.200. The number of hydrogen-bond donors (Lipinski definition) is 1. The monoisotopic (exact) mass is 707 g/mol. The molecule has 0 aliphatic carbocycles. The summed E-state index contributed by atoms with van der Waals surface area (Å²) >= 11 is 1.23. The molecule has 8 nitrogen and oxygen atoms in total. The number of amides is 1. The van der Waals surface area contributed by atoms with E-state index in [1.165, 1.54) is 11.3 Å². The number of morpholine rings is 1. The molecule has 1 aliphatic rings. The van der Waals surface area contributed by atoms with Gasteiger partial charge in [0.1, 0.15) is 23.3 Å². The summed E-state index contributed by atoms with van der Waals surface area (Å²) in [5.74, 6) is -0.390. The Morgan fingerprint density at radius 2 is 1.52 bits per heavy atom. The number of benzene rings is 4. The third-order valence-electron chi connectivity index (χ3n) is 9.01. The molecule has 1 amide bonds. The number of carboxylic acid groups (broad SMARTS) is 1. The molecule has 0 radical (unpaired) electrons. The van der Waals surface area contributed by atoms with Crippen LogP contribution in [0.5, 0.6) is 5.75 Å². The lowest BCUT2D eigenvalue weighted by molar-refractivity contribution is -0.120. The predicted molar refractivity (Wildman–Crippen MR) is 203 cm³/mol. The highest BCUT2D eigenvalue weighted by atomic mass is 35.5. The maximum Gasteiger partial charge on any atom is 0.345 e. The number of rotatable bonds is 10. The Hall–Kier alpha value is -5.09. The van der Waals surface area contributed by atoms with Crippen molar-refractivity contribution in [3.05, 3.63) is 126 Å². The Kier molecular flexibility index (Phi) is 10.6. The SMILES string of the molecule is CC(C(=O)N(C)c1ccc(N2CCOCC2)cc1)n1c(-c2ccc(OCc3ccccc3)cc2)c(-c2ccccc2)c2sc(C(=O)O)cc21.Cl. The number of aromatic carboxylic acids is 1. The standard InChI is InChI=1S/C40H37N3O5S.ClH/c1-27(39(44)41(2)31-15-17-32(18-16-31)42-21-23-47-24-22-42)43-34-25-35(40(45)46)49-38(34)36(29-11-7-4-8-12-29)37(43)30-13-19-33(20-14-30)48-26-28-9-5-3-6-10-28;/h3-20,25,27H,21-24,26H2,1-2H3,(H,45,46);1H. The minimum absolute atomic E-state index is 0. The van der Waals surface area contributed by atoms with Gasteiger partial charge in [-0.1, -0.05) is 60.7 Å². The second-order valence-electron chi connectivity index (χ2n) is 12.1. The van der Waals surface area contributed by atoms with Gasteiger partial charge in [-0.05, 0) is 78.2 Å². The molecule has 1 aliphatic heterocycles. The smallest absolute Gasteiger partial charge is 0.345 e. The van der Waals surface area contributed by atoms with Gasteiger partial charge in [-0.2, -0.15) is 0 Å². The molecule has 4 aromatic carbocycles. The summed E-state index contributed by atoms with van der Waals surface area (Å²) in [6.07, 6.45) is 0. The van der Waals surface area contributed by atoms with Crippen LogP contribution in [0.2, 0.25) is 0 Å². The van der Waals surface area contributed by atoms with E-state index in [0.717, 1.165) is 62.9 Å². The molecule has 1 unspecified atom stereocenters. The van der Waals surface area contributed by atoms with Crippen LogP contribution in [0, 0.1) is 0 Å². The second-order valence-corrected chi connectivity index (χ2v) is 13.1. The molecule has 6 aromatic rings. The summed E-state index contributed by atoms with van der Waals surface area (Å²) in [4.78, 5) is 30.8. The third-order valence-corrected chi connectivity index (χ3v) is 10.1. The van der Waals surface area contributed by atoms with Crippen molar-refractivity contribution < 1.29 is 24.2 Å². The van der Waals surface area contributed by atoms with Crippen molar-refractivity contribution in [1.82, 2.24) is 4.57 Å². The van der Waals surface area contributed by atoms with E-state index in [0.29, 0.717) is 25.3 Å². The Labute approximate surface area is 301 Å². The number of ether oxygens (including phenoxy) is 2. The highest BCUT2D eigenvalue weighted by molar-refractivity contribution is 7.21. The molecule has 50 heavy (non-hydrogen) atoms. The van der Waals surface area contributed by atoms with Crippen LogP contribution in [0.3, 0.4) is 0 Å². The first-order valence-corrected chi connectivity index (χ1v) is 17.1. The van der Waals surface area contributed by atoms with Gasteiger partial charge in [0.15, 0.2) is 0 Å². The van der Waals surface area contributed by atoms with E-state index in [1.807, 2.05) is 121 Å². The maximum atomic E-state index is 14.4. The van der Waals surface area contributed by atoms with Gasteiger partial charge in [0.2, 0.25) is 5.91 Å². The number of likely N-dealkylation sites (N-methyl/N-ethyl adjacent to an activating group) is 1. The van der Waals surface area contributed by atoms with E-state index in [-0.39, 0.29) is 23.2 Å². The first kappa shape index (κ1) is 34.8. The zero-order valence-corrected chi connectivity index (χ0v) is 29.5. The number of halogens is 1. The topological polar surface area (TPSA) is 84.2 Å². The number of carbonyl (C=O) groups is 2. The van der Waals surface area contributed by atoms with Gasteiger partial charge in [0, 0.05) is 37.1 Å². The minimum Gasteiger partial charge on any atom is -0.489 e. The summed E-state index contributed by atoms with van der Waals surface area (Å²) in [6.45, 7) is 5.40. The molecule has 1 atom stereocenters. The van der Waals surface area contributed by atoms with Gasteiger partial charge < -0.3 is 28.9 Å². The van der Waals surface area contributed by atoms with Gasteiger partial charge in [-0.15, -0.1) is 23.7 Å². The Bertz CT molecular complexity index is 2070. The number of carbonyl (C=O) groups excluding carboxylic acids is 1. The lowest BCUT2D eigenvalue weighted by Crippen LogP contribution is -2.36. The third kappa shape index (κ3) is 6.98. The highest BCUT2D eigenvalue weighted by Crippen LogP contribution is 2.46. The van der Waals surface area contributed by atoms with Crippen LogP contribution in [-0.4, -0.2) is 54.9 Å². The largest absolute Gasteiger partial charge is 0.489 e. The molecule has 256 valence electrons. The predicted octanol–water partition coefficient (Wildman–Crippen LogP) is 8.80. The fourth-order valence-electron chi connectivity index (χ4n) is 6.43. The summed E-state index contributed by atoms with van der Waals surface area (Å²) in [5, 5.41) is 10.0. The first-order chi connectivity index (χ1) is 23.9. The zero-order valence-electron chi connectivity index (χ0n) is 27.8. The second kappa shape index (κ2) is 15.2. The van der Waals surface area contributed by atoms with E-state index >= 15 is 0 Å². The molecule has 2 aromatic heterocycles. The van der Waals surface area contributed by atoms with Crippen molar-refractivity contribution in [2.75, 3.05) is 43.2 Å². The van der Waals surface area contributed by atoms with Crippen LogP contribution >= 0.6 is 23.7 Å². The highest BCUT2D eigenvalue weighted by Gasteiger charge is 2.30. The van der Waals surface area contributed by atoms with Crippen molar-refractivity contribution in [3.63, 3.8) is 0 Å². The molecule has 3 heterocycles. The molecule has 10 heteroatoms. The summed E-state index contributed by atoms with van der Waals surface area (Å²) in [5.41, 5.74) is 7.22. The molecule has 0 bridgehead atoms. The number of aromatic nitrogens is 1. The lowest BCUT2D eigenvalue weighted by Gasteiger charge is -2.29. The van der Waals surface area contributed by atoms with Crippen LogP contribution in [0.4, 0.5) is 11.4 Å². The van der Waals surface area contributed by atoms with Crippen molar-refractivity contribution in [2.45, 2.75) is 19.6 Å². The summed E-state index contributed by atoms with van der Waals surface area (Å²) in [6, 6.07) is 36.9. The van der Waals surface area contributed by atoms with Crippen LogP contribution in [0.25, 0.3) is 32.6 Å². The van der Waals surface area contributed by atoms with Crippen molar-refractivity contribution in [3.8, 4) is 28.1 Å². The lowest BCUT2D eigenvalue weighted by atomic mass is 10.0. The van der Waals surface area contributed by atoms with Crippen molar-refractivity contribution in [2.24, 2.45) is 0 Å². The maximum absolute atomic E-state index is 14.4. The van der Waals surface area contributed by atoms with E-state index in [4.69, 9.17) is 9.47 Å². The summed E-state index contributed by atoms with van der Waals surface area (Å²) < 4.78 is 14.4. The minimum atomic E-state index is -0.996. The normalized spacial score (nSPS) is 13.4. The van der Waals surface area contributed by atoms with Crippen LogP contribution in [0.15, 0.2) is 115 Å². The number of fused-ring (bicyclic) bond motifs is 1. The van der Waals surface area contributed by atoms with E-state index in [1.54, 1.807) is 18.0 Å². The van der Waals surface area contributed by atoms with E-state index in [9.17, 15) is 14.7 Å². The fourth-order valence-corrected chi connectivity index (χ4v) is 7.48. The first-order valence-electron chi connectivity index (χ1n) is 16.3. The van der Waals surface area contributed by atoms with Crippen molar-refractivity contribution >= 4 is 57.2 Å². The molecule has 0 saturated carbocycles. The van der Waals surface area contributed by atoms with E-state index < -0.39 is 12.0 Å². The average Bonchev–Trinajstić information content (AvgIpc) is 3.72. The van der Waals surface area contributed by atoms with Crippen LogP contribution in [0.1, 0.15) is 28.2 Å². The number of carboxylic acids is 1. The van der Waals surface area contributed by atoms with Gasteiger partial charge in [-0.3, -0.25) is 4.79 Å². The number of anilines is 2. The Morgan fingerprint density at radius 1 is 0.880 bits per heavy atom. The Morgan fingerprint density at radius 3 is 2.16 bits per heavy atom. The molecule has 1 saturated heterocycles. The average molecular weight is 708 g/mol. The number of thiophene rings is 1. The van der Waals surface area contributed by atoms with Gasteiger partial charge in [0.05, 0.1) is 29.1 Å². The van der Waals surface area contributed by atoms with Gasteiger partial charge in [0.25, 0.3) is 0 Å². The number of nitrogens with zero attached hydrogens (tertiary/aromatic N) is 3. The number of hydrogen-bond acceptors (Lipinski definition) is 6. The molecular weight excluding hydrogens is 670 g/mol. The quantitative estimate of drug-likeness (QED) is 0.153. The van der Waals surface area contributed by atoms with Gasteiger partial charge in [-0.25, -0.2) is 4.79 Å². The molecule has 7 rings (SSSR count). The molecule has 1 fully saturated rings. The zero-order chi connectivity index (χ0) is 33.9. The molecular formula is C40H38ClN3O5S.